The van der Waals surface area contributed by atoms with Crippen LogP contribution in [0.4, 0.5) is 10.5 Å². The van der Waals surface area contributed by atoms with E-state index in [9.17, 15) is 14.7 Å². The SMILES string of the molecule is CC1CCC(NC(=O)Nc2ccc(C(=O)O)c(O)c2)CC1. The van der Waals surface area contributed by atoms with Crippen LogP contribution in [-0.2, 0) is 0 Å². The lowest BCUT2D eigenvalue weighted by Crippen LogP contribution is -2.39. The number of hydrogen-bond donors (Lipinski definition) is 4. The molecule has 0 unspecified atom stereocenters. The van der Waals surface area contributed by atoms with Crippen LogP contribution in [0.3, 0.4) is 0 Å². The Morgan fingerprint density at radius 1 is 1.19 bits per heavy atom. The second kappa shape index (κ2) is 6.47. The summed E-state index contributed by atoms with van der Waals surface area (Å²) < 4.78 is 0. The van der Waals surface area contributed by atoms with E-state index >= 15 is 0 Å². The van der Waals surface area contributed by atoms with Crippen LogP contribution in [0.15, 0.2) is 18.2 Å². The molecular weight excluding hydrogens is 272 g/mol. The number of carbonyl (C=O) groups is 2. The molecule has 0 aromatic heterocycles. The number of phenols is 1. The van der Waals surface area contributed by atoms with E-state index in [1.165, 1.54) is 18.2 Å². The number of nitrogens with one attached hydrogen (secondary N) is 2. The molecule has 1 saturated carbocycles. The molecule has 1 aromatic carbocycles. The molecule has 0 spiro atoms. The van der Waals surface area contributed by atoms with Gasteiger partial charge in [-0.15, -0.1) is 0 Å². The van der Waals surface area contributed by atoms with Gasteiger partial charge in [-0.2, -0.15) is 0 Å². The number of aromatic carboxylic acids is 1. The van der Waals surface area contributed by atoms with Gasteiger partial charge in [-0.05, 0) is 43.7 Å². The first-order valence-electron chi connectivity index (χ1n) is 7.09. The molecule has 6 nitrogen and oxygen atoms in total. The Kier molecular flexibility index (Phi) is 4.67. The number of hydrogen-bond acceptors (Lipinski definition) is 3. The fourth-order valence-corrected chi connectivity index (χ4v) is 2.55. The van der Waals surface area contributed by atoms with Crippen LogP contribution in [0.1, 0.15) is 43.0 Å². The van der Waals surface area contributed by atoms with Gasteiger partial charge < -0.3 is 20.8 Å². The van der Waals surface area contributed by atoms with Crippen LogP contribution in [0.5, 0.6) is 5.75 Å². The van der Waals surface area contributed by atoms with Gasteiger partial charge in [-0.3, -0.25) is 0 Å². The zero-order chi connectivity index (χ0) is 15.4. The molecule has 114 valence electrons. The van der Waals surface area contributed by atoms with E-state index in [0.29, 0.717) is 11.6 Å². The summed E-state index contributed by atoms with van der Waals surface area (Å²) >= 11 is 0. The van der Waals surface area contributed by atoms with Crippen molar-refractivity contribution in [2.24, 2.45) is 5.92 Å². The number of carboxylic acids is 1. The number of anilines is 1. The van der Waals surface area contributed by atoms with Crippen molar-refractivity contribution < 1.29 is 19.8 Å². The molecule has 1 aliphatic carbocycles. The first-order valence-corrected chi connectivity index (χ1v) is 7.09. The molecule has 0 bridgehead atoms. The van der Waals surface area contributed by atoms with Gasteiger partial charge in [0.05, 0.1) is 0 Å². The molecule has 4 N–H and O–H groups in total. The fourth-order valence-electron chi connectivity index (χ4n) is 2.55. The van der Waals surface area contributed by atoms with E-state index in [-0.39, 0.29) is 23.4 Å². The summed E-state index contributed by atoms with van der Waals surface area (Å²) in [6.45, 7) is 2.21. The number of rotatable bonds is 3. The van der Waals surface area contributed by atoms with Gasteiger partial charge in [0.2, 0.25) is 0 Å². The highest BCUT2D eigenvalue weighted by atomic mass is 16.4. The minimum absolute atomic E-state index is 0.174. The van der Waals surface area contributed by atoms with Crippen molar-refractivity contribution in [1.29, 1.82) is 0 Å². The Bertz CT molecular complexity index is 536. The van der Waals surface area contributed by atoms with E-state index in [4.69, 9.17) is 5.11 Å². The lowest BCUT2D eigenvalue weighted by atomic mass is 9.87. The van der Waals surface area contributed by atoms with Crippen LogP contribution in [-0.4, -0.2) is 28.3 Å². The molecule has 1 aliphatic rings. The van der Waals surface area contributed by atoms with E-state index < -0.39 is 5.97 Å². The Balaban J connectivity index is 1.91. The van der Waals surface area contributed by atoms with Crippen LogP contribution in [0, 0.1) is 5.92 Å². The predicted molar refractivity (Wildman–Crippen MR) is 78.6 cm³/mol. The number of urea groups is 1. The van der Waals surface area contributed by atoms with Crippen LogP contribution >= 0.6 is 0 Å². The first kappa shape index (κ1) is 15.2. The summed E-state index contributed by atoms with van der Waals surface area (Å²) in [6, 6.07) is 3.78. The highest BCUT2D eigenvalue weighted by Gasteiger charge is 2.20. The van der Waals surface area contributed by atoms with E-state index in [0.717, 1.165) is 25.7 Å². The first-order chi connectivity index (χ1) is 9.95. The molecule has 6 heteroatoms. The van der Waals surface area contributed by atoms with Gasteiger partial charge in [0.15, 0.2) is 0 Å². The number of carbonyl (C=O) groups excluding carboxylic acids is 1. The smallest absolute Gasteiger partial charge is 0.339 e. The highest BCUT2D eigenvalue weighted by molar-refractivity contribution is 5.94. The second-order valence-electron chi connectivity index (χ2n) is 5.59. The minimum atomic E-state index is -1.21. The van der Waals surface area contributed by atoms with Crippen molar-refractivity contribution in [3.8, 4) is 5.75 Å². The van der Waals surface area contributed by atoms with Crippen molar-refractivity contribution in [1.82, 2.24) is 5.32 Å². The van der Waals surface area contributed by atoms with Gasteiger partial charge in [-0.1, -0.05) is 6.92 Å². The Morgan fingerprint density at radius 3 is 2.43 bits per heavy atom. The summed E-state index contributed by atoms with van der Waals surface area (Å²) in [7, 11) is 0. The second-order valence-corrected chi connectivity index (χ2v) is 5.59. The third-order valence-corrected chi connectivity index (χ3v) is 3.84. The quantitative estimate of drug-likeness (QED) is 0.688. The maximum atomic E-state index is 11.9. The zero-order valence-corrected chi connectivity index (χ0v) is 11.9. The standard InChI is InChI=1S/C15H20N2O4/c1-9-2-4-10(5-3-9)16-15(21)17-11-6-7-12(14(19)20)13(18)8-11/h6-10,18H,2-5H2,1H3,(H,19,20)(H2,16,17,21). The van der Waals surface area contributed by atoms with Crippen LogP contribution in [0.25, 0.3) is 0 Å². The Morgan fingerprint density at radius 2 is 1.86 bits per heavy atom. The summed E-state index contributed by atoms with van der Waals surface area (Å²) in [6.07, 6.45) is 4.16. The topological polar surface area (TPSA) is 98.7 Å². The van der Waals surface area contributed by atoms with Crippen molar-refractivity contribution in [3.05, 3.63) is 23.8 Å². The minimum Gasteiger partial charge on any atom is -0.507 e. The number of benzene rings is 1. The van der Waals surface area contributed by atoms with Gasteiger partial charge in [0.1, 0.15) is 11.3 Å². The molecule has 0 atom stereocenters. The number of carboxylic acid groups (broad SMARTS) is 1. The van der Waals surface area contributed by atoms with Gasteiger partial charge in [0.25, 0.3) is 0 Å². The van der Waals surface area contributed by atoms with Crippen LogP contribution in [0.2, 0.25) is 0 Å². The van der Waals surface area contributed by atoms with Gasteiger partial charge in [-0.25, -0.2) is 9.59 Å². The Hall–Kier alpha value is -2.24. The molecule has 0 aliphatic heterocycles. The molecule has 1 fully saturated rings. The average molecular weight is 292 g/mol. The molecular formula is C15H20N2O4. The van der Waals surface area contributed by atoms with E-state index in [1.54, 1.807) is 0 Å². The third-order valence-electron chi connectivity index (χ3n) is 3.84. The van der Waals surface area contributed by atoms with Crippen molar-refractivity contribution in [2.45, 2.75) is 38.6 Å². The average Bonchev–Trinajstić information content (AvgIpc) is 2.41. The van der Waals surface area contributed by atoms with Gasteiger partial charge in [0, 0.05) is 17.8 Å². The summed E-state index contributed by atoms with van der Waals surface area (Å²) in [5.74, 6) is -0.863. The summed E-state index contributed by atoms with van der Waals surface area (Å²) in [5, 5.41) is 23.9. The largest absolute Gasteiger partial charge is 0.507 e. The maximum Gasteiger partial charge on any atom is 0.339 e. The summed E-state index contributed by atoms with van der Waals surface area (Å²) in [4.78, 5) is 22.7. The van der Waals surface area contributed by atoms with Gasteiger partial charge >= 0.3 is 12.0 Å². The monoisotopic (exact) mass is 292 g/mol. The lowest BCUT2D eigenvalue weighted by Gasteiger charge is -2.26. The highest BCUT2D eigenvalue weighted by Crippen LogP contribution is 2.24. The number of aromatic hydroxyl groups is 1. The van der Waals surface area contributed by atoms with Crippen molar-refractivity contribution in [3.63, 3.8) is 0 Å². The third kappa shape index (κ3) is 4.11. The zero-order valence-electron chi connectivity index (χ0n) is 11.9. The Labute approximate surface area is 123 Å². The molecule has 1 aromatic rings. The van der Waals surface area contributed by atoms with Crippen molar-refractivity contribution >= 4 is 17.7 Å². The molecule has 2 amide bonds. The molecule has 0 heterocycles. The molecule has 0 saturated heterocycles. The van der Waals surface area contributed by atoms with E-state index in [2.05, 4.69) is 17.6 Å². The molecule has 21 heavy (non-hydrogen) atoms. The molecule has 0 radical (unpaired) electrons. The molecule has 2 rings (SSSR count). The number of amides is 2. The maximum absolute atomic E-state index is 11.9. The fraction of sp³-hybridized carbons (Fsp3) is 0.467. The van der Waals surface area contributed by atoms with E-state index in [1.807, 2.05) is 0 Å². The lowest BCUT2D eigenvalue weighted by molar-refractivity contribution is 0.0694. The van der Waals surface area contributed by atoms with Crippen molar-refractivity contribution in [2.75, 3.05) is 5.32 Å². The normalized spacial score (nSPS) is 21.6. The summed E-state index contributed by atoms with van der Waals surface area (Å²) in [5.41, 5.74) is 0.168. The van der Waals surface area contributed by atoms with Crippen LogP contribution < -0.4 is 10.6 Å². The predicted octanol–water partition coefficient (Wildman–Crippen LogP) is 2.79.